The highest BCUT2D eigenvalue weighted by Crippen LogP contribution is 2.48. The number of rotatable bonds is 5. The van der Waals surface area contributed by atoms with E-state index >= 15 is 0 Å². The highest BCUT2D eigenvalue weighted by atomic mass is 16.5. The highest BCUT2D eigenvalue weighted by Gasteiger charge is 2.36. The number of aromatic nitrogens is 1. The Morgan fingerprint density at radius 1 is 1.46 bits per heavy atom. The van der Waals surface area contributed by atoms with Gasteiger partial charge in [0.05, 0.1) is 46.6 Å². The molecule has 1 aromatic carbocycles. The van der Waals surface area contributed by atoms with E-state index in [0.717, 1.165) is 5.56 Å². The van der Waals surface area contributed by atoms with Crippen LogP contribution in [0.25, 0.3) is 0 Å². The first-order valence-electron chi connectivity index (χ1n) is 10.2. The third-order valence-electron chi connectivity index (χ3n) is 4.67. The number of allylic oxidation sites excluding steroid dienone is 1. The molecule has 1 unspecified atom stereocenters. The van der Waals surface area contributed by atoms with Crippen LogP contribution >= 0.6 is 0 Å². The number of nitriles is 1. The summed E-state index contributed by atoms with van der Waals surface area (Å²) in [6, 6.07) is 6.40. The van der Waals surface area contributed by atoms with E-state index in [9.17, 15) is 10.1 Å². The molecule has 0 spiro atoms. The van der Waals surface area contributed by atoms with Crippen LogP contribution in [0.1, 0.15) is 46.1 Å². The van der Waals surface area contributed by atoms with Gasteiger partial charge in [-0.25, -0.2) is 4.98 Å². The third kappa shape index (κ3) is 3.14. The monoisotopic (exact) mass is 381 g/mol. The van der Waals surface area contributed by atoms with Crippen molar-refractivity contribution in [2.45, 2.75) is 26.7 Å². The van der Waals surface area contributed by atoms with Gasteiger partial charge < -0.3 is 20.5 Å². The van der Waals surface area contributed by atoms with E-state index in [4.69, 9.17) is 19.3 Å². The van der Waals surface area contributed by atoms with E-state index in [2.05, 4.69) is 10.3 Å². The molecule has 7 heteroatoms. The van der Waals surface area contributed by atoms with Gasteiger partial charge in [0.25, 0.3) is 0 Å². The lowest BCUT2D eigenvalue weighted by atomic mass is 9.79. The molecule has 2 heterocycles. The van der Waals surface area contributed by atoms with Crippen LogP contribution in [-0.2, 0) is 4.79 Å². The fraction of sp³-hybridized carbons (Fsp3) is 0.286. The number of anilines is 1. The van der Waals surface area contributed by atoms with Gasteiger partial charge in [0, 0.05) is 23.0 Å². The molecular weight excluding hydrogens is 356 g/mol. The van der Waals surface area contributed by atoms with Crippen LogP contribution in [0.3, 0.4) is 0 Å². The summed E-state index contributed by atoms with van der Waals surface area (Å²) >= 11 is 0. The predicted molar refractivity (Wildman–Crippen MR) is 105 cm³/mol. The molecule has 2 aromatic rings. The number of ether oxygens (including phenoxy) is 2. The quantitative estimate of drug-likeness (QED) is 0.824. The maximum atomic E-state index is 12.5. The molecule has 1 amide bonds. The van der Waals surface area contributed by atoms with Crippen LogP contribution in [0.15, 0.2) is 35.7 Å². The Bertz CT molecular complexity index is 1120. The van der Waals surface area contributed by atoms with Gasteiger partial charge in [-0.2, -0.15) is 5.26 Å². The predicted octanol–water partition coefficient (Wildman–Crippen LogP) is 2.99. The van der Waals surface area contributed by atoms with Gasteiger partial charge in [-0.05, 0) is 38.5 Å². The molecule has 28 heavy (non-hydrogen) atoms. The zero-order valence-corrected chi connectivity index (χ0v) is 15.8. The molecule has 1 atom stereocenters. The minimum atomic E-state index is -2.77. The van der Waals surface area contributed by atoms with Crippen molar-refractivity contribution in [1.82, 2.24) is 4.98 Å². The summed E-state index contributed by atoms with van der Waals surface area (Å²) < 4.78 is 33.6. The molecule has 0 saturated carbocycles. The molecule has 1 aliphatic rings. The summed E-state index contributed by atoms with van der Waals surface area (Å²) in [6.45, 7) is 5.70. The maximum absolute atomic E-state index is 12.5. The topological polar surface area (TPSA) is 110 Å². The summed E-state index contributed by atoms with van der Waals surface area (Å²) in [5.74, 6) is -1.26. The van der Waals surface area contributed by atoms with Crippen LogP contribution in [0, 0.1) is 18.3 Å². The second kappa shape index (κ2) is 7.61. The molecule has 3 rings (SSSR count). The minimum absolute atomic E-state index is 0.0487. The second-order valence-corrected chi connectivity index (χ2v) is 6.40. The molecule has 0 bridgehead atoms. The molecule has 0 fully saturated rings. The number of methoxy groups -OCH3 is 1. The number of carbonyl (C=O) groups is 1. The third-order valence-corrected chi connectivity index (χ3v) is 4.67. The summed E-state index contributed by atoms with van der Waals surface area (Å²) in [4.78, 5) is 16.9. The van der Waals surface area contributed by atoms with Crippen molar-refractivity contribution in [1.29, 1.82) is 5.26 Å². The zero-order chi connectivity index (χ0) is 22.9. The summed E-state index contributed by atoms with van der Waals surface area (Å²) in [7, 11) is -2.77. The largest absolute Gasteiger partial charge is 0.496 e. The number of hydrogen-bond acceptors (Lipinski definition) is 6. The second-order valence-electron chi connectivity index (χ2n) is 6.40. The fourth-order valence-corrected chi connectivity index (χ4v) is 3.48. The van der Waals surface area contributed by atoms with Gasteiger partial charge >= 0.3 is 0 Å². The zero-order valence-electron chi connectivity index (χ0n) is 18.8. The average molecular weight is 381 g/mol. The molecule has 0 radical (unpaired) electrons. The number of benzene rings is 1. The van der Waals surface area contributed by atoms with Crippen LogP contribution in [0.2, 0.25) is 0 Å². The number of aryl methyl sites for hydroxylation is 1. The van der Waals surface area contributed by atoms with E-state index in [-0.39, 0.29) is 22.8 Å². The minimum Gasteiger partial charge on any atom is -0.496 e. The molecule has 0 aliphatic carbocycles. The van der Waals surface area contributed by atoms with Crippen molar-refractivity contribution in [3.63, 3.8) is 0 Å². The van der Waals surface area contributed by atoms with Crippen LogP contribution < -0.4 is 20.5 Å². The van der Waals surface area contributed by atoms with Crippen molar-refractivity contribution >= 4 is 11.6 Å². The number of nitrogens with two attached hydrogens (primary N) is 1. The first kappa shape index (κ1) is 15.5. The van der Waals surface area contributed by atoms with Crippen LogP contribution in [0.4, 0.5) is 5.69 Å². The number of nitrogens with one attached hydrogen (secondary N) is 1. The molecule has 1 aromatic heterocycles. The average Bonchev–Trinajstić information content (AvgIpc) is 2.68. The van der Waals surface area contributed by atoms with Crippen molar-refractivity contribution in [3.8, 4) is 17.7 Å². The molecule has 144 valence electrons. The van der Waals surface area contributed by atoms with E-state index in [1.54, 1.807) is 26.1 Å². The molecule has 1 aliphatic heterocycles. The standard InChI is InChI=1S/C21H22N4O3/c1-5-28-21-18-17(14-7-6-13(9-22)8-15(14)27-4)16(20(23)26)12(3)25-19(18)11(2)10-24-21/h6-8,10,17,25H,5H2,1-4H3,(H2,23,26)/i4D3. The highest BCUT2D eigenvalue weighted by molar-refractivity contribution is 5.98. The first-order chi connectivity index (χ1) is 14.6. The summed E-state index contributed by atoms with van der Waals surface area (Å²) in [6.07, 6.45) is 1.65. The summed E-state index contributed by atoms with van der Waals surface area (Å²) in [5, 5.41) is 12.5. The lowest BCUT2D eigenvalue weighted by molar-refractivity contribution is -0.114. The van der Waals surface area contributed by atoms with Crippen molar-refractivity contribution in [3.05, 3.63) is 57.9 Å². The van der Waals surface area contributed by atoms with Crippen LogP contribution in [0.5, 0.6) is 11.6 Å². The number of carbonyl (C=O) groups excluding carboxylic acids is 1. The van der Waals surface area contributed by atoms with Gasteiger partial charge in [-0.3, -0.25) is 4.79 Å². The fourth-order valence-electron chi connectivity index (χ4n) is 3.48. The molecular formula is C21H22N4O3. The van der Waals surface area contributed by atoms with Crippen molar-refractivity contribution in [2.75, 3.05) is 19.0 Å². The van der Waals surface area contributed by atoms with E-state index in [1.807, 2.05) is 13.0 Å². The number of hydrogen-bond donors (Lipinski definition) is 2. The van der Waals surface area contributed by atoms with Crippen LogP contribution in [-0.4, -0.2) is 24.5 Å². The first-order valence-corrected chi connectivity index (χ1v) is 8.70. The van der Waals surface area contributed by atoms with Gasteiger partial charge in [-0.1, -0.05) is 6.07 Å². The lowest BCUT2D eigenvalue weighted by Gasteiger charge is -2.32. The summed E-state index contributed by atoms with van der Waals surface area (Å²) in [5.41, 5.74) is 9.09. The van der Waals surface area contributed by atoms with Crippen molar-refractivity contribution in [2.24, 2.45) is 5.73 Å². The maximum Gasteiger partial charge on any atom is 0.247 e. The Balaban J connectivity index is 2.38. The van der Waals surface area contributed by atoms with Gasteiger partial charge in [0.2, 0.25) is 11.8 Å². The van der Waals surface area contributed by atoms with Gasteiger partial charge in [-0.15, -0.1) is 0 Å². The van der Waals surface area contributed by atoms with E-state index < -0.39 is 18.9 Å². The Morgan fingerprint density at radius 2 is 2.25 bits per heavy atom. The Morgan fingerprint density at radius 3 is 2.89 bits per heavy atom. The number of pyridine rings is 1. The van der Waals surface area contributed by atoms with Gasteiger partial charge in [0.15, 0.2) is 0 Å². The Labute approximate surface area is 168 Å². The number of nitrogens with zero attached hydrogens (tertiary/aromatic N) is 2. The Kier molecular flexibility index (Phi) is 4.22. The molecule has 3 N–H and O–H groups in total. The number of amides is 1. The number of fused-ring (bicyclic) bond motifs is 1. The number of primary amides is 1. The Hall–Kier alpha value is -3.53. The van der Waals surface area contributed by atoms with Crippen molar-refractivity contribution < 1.29 is 18.4 Å². The van der Waals surface area contributed by atoms with Gasteiger partial charge in [0.1, 0.15) is 5.75 Å². The smallest absolute Gasteiger partial charge is 0.247 e. The van der Waals surface area contributed by atoms with E-state index in [1.165, 1.54) is 12.1 Å². The normalized spacial score (nSPS) is 17.4. The lowest BCUT2D eigenvalue weighted by Crippen LogP contribution is -2.28. The molecule has 0 saturated heterocycles. The SMILES string of the molecule is [2H]C([2H])([2H])Oc1cc(C#N)ccc1C1C(C(N)=O)=C(C)Nc2c(C)cnc(OCC)c21. The van der Waals surface area contributed by atoms with E-state index in [0.29, 0.717) is 29.1 Å². The molecule has 7 nitrogen and oxygen atoms in total.